The molecule has 1 unspecified atom stereocenters. The van der Waals surface area contributed by atoms with Crippen LogP contribution in [0.15, 0.2) is 72.5 Å². The van der Waals surface area contributed by atoms with Crippen molar-refractivity contribution in [1.29, 1.82) is 0 Å². The van der Waals surface area contributed by atoms with Gasteiger partial charge in [-0.2, -0.15) is 0 Å². The molecule has 7 heteroatoms. The first-order valence-electron chi connectivity index (χ1n) is 8.73. The van der Waals surface area contributed by atoms with Crippen molar-refractivity contribution in [2.24, 2.45) is 0 Å². The van der Waals surface area contributed by atoms with Crippen LogP contribution in [0, 0.1) is 0 Å². The van der Waals surface area contributed by atoms with Crippen molar-refractivity contribution in [2.75, 3.05) is 21.3 Å². The normalized spacial score (nSPS) is 15.7. The Labute approximate surface area is 166 Å². The summed E-state index contributed by atoms with van der Waals surface area (Å²) >= 11 is 0. The van der Waals surface area contributed by atoms with Gasteiger partial charge < -0.3 is 27.8 Å². The van der Waals surface area contributed by atoms with Gasteiger partial charge in [0, 0.05) is 7.11 Å². The highest BCUT2D eigenvalue weighted by Crippen LogP contribution is 2.44. The molecule has 0 aliphatic heterocycles. The Morgan fingerprint density at radius 3 is 1.61 bits per heavy atom. The second-order valence-corrected chi connectivity index (χ2v) is 6.82. The zero-order valence-electron chi connectivity index (χ0n) is 16.0. The third kappa shape index (κ3) is 5.65. The van der Waals surface area contributed by atoms with Crippen LogP contribution in [0.5, 0.6) is 23.0 Å². The molecule has 0 spiro atoms. The molecule has 1 aliphatic carbocycles. The molecule has 0 N–H and O–H groups in total. The third-order valence-electron chi connectivity index (χ3n) is 3.99. The molecule has 28 heavy (non-hydrogen) atoms. The lowest BCUT2D eigenvalue weighted by Gasteiger charge is -2.20. The molecular weight excluding hydrogens is 379 g/mol. The largest absolute Gasteiger partial charge is 0.530 e. The summed E-state index contributed by atoms with van der Waals surface area (Å²) < 4.78 is 33.6. The Bertz CT molecular complexity index is 751. The predicted octanol–water partition coefficient (Wildman–Crippen LogP) is 5.26. The van der Waals surface area contributed by atoms with Crippen LogP contribution in [0.1, 0.15) is 6.42 Å². The molecule has 2 aromatic carbocycles. The summed E-state index contributed by atoms with van der Waals surface area (Å²) in [4.78, 5) is 0. The Morgan fingerprint density at radius 1 is 0.714 bits per heavy atom. The van der Waals surface area contributed by atoms with Gasteiger partial charge in [-0.25, -0.2) is 0 Å². The van der Waals surface area contributed by atoms with Gasteiger partial charge in [0.15, 0.2) is 0 Å². The van der Waals surface area contributed by atoms with E-state index in [-0.39, 0.29) is 6.10 Å². The van der Waals surface area contributed by atoms with E-state index in [2.05, 4.69) is 0 Å². The molecule has 1 aliphatic rings. The molecule has 0 heterocycles. The van der Waals surface area contributed by atoms with Gasteiger partial charge in [0.1, 0.15) is 28.8 Å². The molecule has 0 radical (unpaired) electrons. The van der Waals surface area contributed by atoms with E-state index in [1.54, 1.807) is 45.6 Å². The van der Waals surface area contributed by atoms with Crippen molar-refractivity contribution >= 4 is 8.60 Å². The minimum Gasteiger partial charge on any atom is -0.497 e. The number of ether oxygens (including phenoxy) is 3. The Morgan fingerprint density at radius 2 is 1.21 bits per heavy atom. The van der Waals surface area contributed by atoms with Crippen molar-refractivity contribution in [3.05, 3.63) is 72.5 Å². The Hall–Kier alpha value is -2.69. The maximum atomic E-state index is 5.98. The summed E-state index contributed by atoms with van der Waals surface area (Å²) in [5, 5.41) is 0. The fraction of sp³-hybridized carbons (Fsp3) is 0.238. The maximum absolute atomic E-state index is 5.98. The van der Waals surface area contributed by atoms with E-state index in [4.69, 9.17) is 27.8 Å². The Kier molecular flexibility index (Phi) is 7.18. The molecule has 0 bridgehead atoms. The first-order chi connectivity index (χ1) is 13.7. The lowest BCUT2D eigenvalue weighted by atomic mass is 10.1. The first kappa shape index (κ1) is 20.1. The highest BCUT2D eigenvalue weighted by Gasteiger charge is 2.22. The number of hydrogen-bond donors (Lipinski definition) is 0. The number of allylic oxidation sites excluding steroid dienone is 1. The molecule has 0 aromatic heterocycles. The zero-order chi connectivity index (χ0) is 19.8. The molecule has 6 nitrogen and oxygen atoms in total. The lowest BCUT2D eigenvalue weighted by molar-refractivity contribution is 0.141. The quantitative estimate of drug-likeness (QED) is 0.533. The van der Waals surface area contributed by atoms with E-state index < -0.39 is 8.60 Å². The molecule has 0 saturated carbocycles. The number of methoxy groups -OCH3 is 3. The van der Waals surface area contributed by atoms with Crippen molar-refractivity contribution in [3.8, 4) is 23.0 Å². The number of hydrogen-bond acceptors (Lipinski definition) is 6. The fourth-order valence-corrected chi connectivity index (χ4v) is 3.42. The van der Waals surface area contributed by atoms with Gasteiger partial charge in [-0.3, -0.25) is 0 Å². The molecule has 3 rings (SSSR count). The van der Waals surface area contributed by atoms with Crippen LogP contribution < -0.4 is 18.5 Å². The first-order valence-corrected chi connectivity index (χ1v) is 9.83. The van der Waals surface area contributed by atoms with E-state index in [0.29, 0.717) is 17.3 Å². The Balaban J connectivity index is 1.72. The van der Waals surface area contributed by atoms with Gasteiger partial charge in [0.2, 0.25) is 0 Å². The molecule has 0 amide bonds. The van der Waals surface area contributed by atoms with Crippen LogP contribution in [0.25, 0.3) is 0 Å². The summed E-state index contributed by atoms with van der Waals surface area (Å²) in [6.07, 6.45) is 6.56. The average molecular weight is 402 g/mol. The zero-order valence-corrected chi connectivity index (χ0v) is 16.9. The molecule has 2 aromatic rings. The van der Waals surface area contributed by atoms with E-state index in [1.165, 1.54) is 0 Å². The van der Waals surface area contributed by atoms with Gasteiger partial charge in [0.25, 0.3) is 0 Å². The predicted molar refractivity (Wildman–Crippen MR) is 108 cm³/mol. The smallest absolute Gasteiger partial charge is 0.497 e. The molecular formula is C21H23O6P. The monoisotopic (exact) mass is 402 g/mol. The van der Waals surface area contributed by atoms with Crippen LogP contribution in [-0.4, -0.2) is 27.4 Å². The standard InChI is InChI=1S/C21H23O6P/c1-22-16-4-10-19(11-5-16)25-28(26-20-12-6-17(23-2)7-13-20)27-21-14-8-18(24-3)9-15-21/h4-8,10-15,18H,9H2,1-3H3. The molecule has 0 fully saturated rings. The van der Waals surface area contributed by atoms with Crippen LogP contribution >= 0.6 is 8.60 Å². The summed E-state index contributed by atoms with van der Waals surface area (Å²) in [5.74, 6) is 3.42. The highest BCUT2D eigenvalue weighted by atomic mass is 31.2. The van der Waals surface area contributed by atoms with Gasteiger partial charge in [-0.05, 0) is 67.1 Å². The number of rotatable bonds is 9. The minimum atomic E-state index is -1.72. The van der Waals surface area contributed by atoms with Crippen LogP contribution in [0.3, 0.4) is 0 Å². The highest BCUT2D eigenvalue weighted by molar-refractivity contribution is 7.42. The van der Waals surface area contributed by atoms with E-state index in [9.17, 15) is 0 Å². The second-order valence-electron chi connectivity index (χ2n) is 5.82. The fourth-order valence-electron chi connectivity index (χ4n) is 2.41. The van der Waals surface area contributed by atoms with Gasteiger partial charge in [-0.1, -0.05) is 6.08 Å². The molecule has 0 saturated heterocycles. The van der Waals surface area contributed by atoms with Gasteiger partial charge in [-0.15, -0.1) is 0 Å². The maximum Gasteiger partial charge on any atom is 0.530 e. The number of benzene rings is 2. The van der Waals surface area contributed by atoms with Crippen molar-refractivity contribution < 1.29 is 27.8 Å². The average Bonchev–Trinajstić information content (AvgIpc) is 2.75. The van der Waals surface area contributed by atoms with Crippen LogP contribution in [0.2, 0.25) is 0 Å². The summed E-state index contributed by atoms with van der Waals surface area (Å²) in [5.41, 5.74) is 0. The van der Waals surface area contributed by atoms with E-state index >= 15 is 0 Å². The molecule has 1 atom stereocenters. The van der Waals surface area contributed by atoms with E-state index in [1.807, 2.05) is 42.5 Å². The van der Waals surface area contributed by atoms with Crippen molar-refractivity contribution in [2.45, 2.75) is 12.5 Å². The third-order valence-corrected chi connectivity index (χ3v) is 5.07. The molecule has 148 valence electrons. The van der Waals surface area contributed by atoms with Gasteiger partial charge >= 0.3 is 8.60 Å². The second kappa shape index (κ2) is 10.0. The van der Waals surface area contributed by atoms with Crippen LogP contribution in [-0.2, 0) is 9.26 Å². The summed E-state index contributed by atoms with van der Waals surface area (Å²) in [7, 11) is 3.20. The topological polar surface area (TPSA) is 55.4 Å². The summed E-state index contributed by atoms with van der Waals surface area (Å²) in [6.45, 7) is 0. The minimum absolute atomic E-state index is 0.0589. The summed E-state index contributed by atoms with van der Waals surface area (Å²) in [6, 6.07) is 14.5. The van der Waals surface area contributed by atoms with Gasteiger partial charge in [0.05, 0.1) is 20.3 Å². The van der Waals surface area contributed by atoms with Crippen LogP contribution in [0.4, 0.5) is 0 Å². The van der Waals surface area contributed by atoms with Crippen molar-refractivity contribution in [3.63, 3.8) is 0 Å². The van der Waals surface area contributed by atoms with E-state index in [0.717, 1.165) is 17.9 Å². The lowest BCUT2D eigenvalue weighted by Crippen LogP contribution is -2.09. The van der Waals surface area contributed by atoms with Crippen molar-refractivity contribution in [1.82, 2.24) is 0 Å². The SMILES string of the molecule is COc1ccc(OP(OC2=CCC(OC)C=C2)Oc2ccc(OC)cc2)cc1.